The number of methoxy groups -OCH3 is 1. The second-order valence-electron chi connectivity index (χ2n) is 9.11. The summed E-state index contributed by atoms with van der Waals surface area (Å²) < 4.78 is 43.8. The lowest BCUT2D eigenvalue weighted by Gasteiger charge is -2.26. The zero-order chi connectivity index (χ0) is 27.1. The maximum atomic E-state index is 12.8. The normalized spacial score (nSPS) is 14.6. The maximum absolute atomic E-state index is 12.8. The molecule has 0 amide bonds. The molecule has 38 heavy (non-hydrogen) atoms. The van der Waals surface area contributed by atoms with Gasteiger partial charge in [0.2, 0.25) is 10.0 Å². The monoisotopic (exact) mass is 560 g/mol. The van der Waals surface area contributed by atoms with E-state index in [0.717, 1.165) is 44.2 Å². The molecule has 1 fully saturated rings. The molecule has 9 nitrogen and oxygen atoms in total. The Hall–Kier alpha value is -2.76. The van der Waals surface area contributed by atoms with Gasteiger partial charge in [0, 0.05) is 58.3 Å². The first kappa shape index (κ1) is 28.3. The highest BCUT2D eigenvalue weighted by Crippen LogP contribution is 2.28. The molecule has 1 aliphatic heterocycles. The largest absolute Gasteiger partial charge is 0.496 e. The van der Waals surface area contributed by atoms with Crippen LogP contribution >= 0.6 is 11.6 Å². The minimum absolute atomic E-state index is 0.227. The number of hydrogen-bond acceptors (Lipinski definition) is 8. The van der Waals surface area contributed by atoms with Gasteiger partial charge in [0.25, 0.3) is 0 Å². The van der Waals surface area contributed by atoms with E-state index in [4.69, 9.17) is 30.8 Å². The molecular formula is C27H33ClN4O5S. The molecule has 11 heteroatoms. The molecular weight excluding hydrogens is 528 g/mol. The quantitative estimate of drug-likeness (QED) is 0.353. The first-order chi connectivity index (χ1) is 18.3. The number of ether oxygens (including phenoxy) is 3. The van der Waals surface area contributed by atoms with Crippen molar-refractivity contribution in [3.63, 3.8) is 0 Å². The summed E-state index contributed by atoms with van der Waals surface area (Å²) in [6, 6.07) is 12.6. The van der Waals surface area contributed by atoms with Crippen LogP contribution in [-0.4, -0.2) is 88.3 Å². The van der Waals surface area contributed by atoms with Gasteiger partial charge in [-0.2, -0.15) is 0 Å². The van der Waals surface area contributed by atoms with Crippen LogP contribution in [0.1, 0.15) is 22.6 Å². The van der Waals surface area contributed by atoms with Crippen LogP contribution in [0.4, 0.5) is 0 Å². The molecule has 4 rings (SSSR count). The summed E-state index contributed by atoms with van der Waals surface area (Å²) in [5.41, 5.74) is 2.04. The third-order valence-electron chi connectivity index (χ3n) is 6.34. The Morgan fingerprint density at radius 3 is 2.58 bits per heavy atom. The summed E-state index contributed by atoms with van der Waals surface area (Å²) in [7, 11) is 1.02. The Bertz CT molecular complexity index is 1350. The Morgan fingerprint density at radius 2 is 1.84 bits per heavy atom. The molecule has 0 N–H and O–H groups in total. The fraction of sp³-hybridized carbons (Fsp3) is 0.407. The van der Waals surface area contributed by atoms with Crippen molar-refractivity contribution in [3.8, 4) is 11.5 Å². The van der Waals surface area contributed by atoms with Crippen molar-refractivity contribution in [2.75, 3.05) is 60.7 Å². The minimum atomic E-state index is -3.62. The number of hydrogen-bond donors (Lipinski definition) is 0. The SMILES string of the molecule is COc1ccc(OCCN2CCOCC2)cc1Cc1ncc(Cl)c(Cc2ccccc2S(=O)(=O)N(C)C)n1. The van der Waals surface area contributed by atoms with Crippen LogP contribution in [0.2, 0.25) is 5.02 Å². The van der Waals surface area contributed by atoms with Gasteiger partial charge in [-0.05, 0) is 29.8 Å². The molecule has 0 saturated carbocycles. The van der Waals surface area contributed by atoms with E-state index in [1.165, 1.54) is 18.4 Å². The first-order valence-corrected chi connectivity index (χ1v) is 14.2. The number of morpholine rings is 1. The standard InChI is InChI=1S/C27H33ClN4O5S/c1-31(2)38(33,34)26-7-5-4-6-20(26)17-24-23(28)19-29-27(30-24)18-21-16-22(8-9-25(21)35-3)37-15-12-32-10-13-36-14-11-32/h4-9,16,19H,10-15,17-18H2,1-3H3. The van der Waals surface area contributed by atoms with Crippen molar-refractivity contribution in [3.05, 3.63) is 76.3 Å². The number of nitrogens with zero attached hydrogens (tertiary/aromatic N) is 4. The molecule has 204 valence electrons. The van der Waals surface area contributed by atoms with Gasteiger partial charge >= 0.3 is 0 Å². The van der Waals surface area contributed by atoms with Gasteiger partial charge < -0.3 is 14.2 Å². The third kappa shape index (κ3) is 7.00. The fourth-order valence-corrected chi connectivity index (χ4v) is 5.48. The lowest BCUT2D eigenvalue weighted by Crippen LogP contribution is -2.38. The number of aromatic nitrogens is 2. The molecule has 3 aromatic rings. The van der Waals surface area contributed by atoms with Gasteiger partial charge in [-0.15, -0.1) is 0 Å². The van der Waals surface area contributed by atoms with Crippen LogP contribution in [-0.2, 0) is 27.6 Å². The van der Waals surface area contributed by atoms with Crippen LogP contribution in [0.25, 0.3) is 0 Å². The average molecular weight is 561 g/mol. The van der Waals surface area contributed by atoms with E-state index in [0.29, 0.717) is 40.9 Å². The summed E-state index contributed by atoms with van der Waals surface area (Å²) in [5.74, 6) is 1.99. The van der Waals surface area contributed by atoms with E-state index in [1.54, 1.807) is 37.6 Å². The van der Waals surface area contributed by atoms with E-state index < -0.39 is 10.0 Å². The Balaban J connectivity index is 1.51. The summed E-state index contributed by atoms with van der Waals surface area (Å²) in [6.45, 7) is 4.75. The topological polar surface area (TPSA) is 94.1 Å². The van der Waals surface area contributed by atoms with Gasteiger partial charge in [-0.3, -0.25) is 4.90 Å². The summed E-state index contributed by atoms with van der Waals surface area (Å²) >= 11 is 6.44. The van der Waals surface area contributed by atoms with E-state index in [9.17, 15) is 8.42 Å². The molecule has 1 saturated heterocycles. The summed E-state index contributed by atoms with van der Waals surface area (Å²) in [5, 5.41) is 0.373. The molecule has 0 bridgehead atoms. The fourth-order valence-electron chi connectivity index (χ4n) is 4.20. The molecule has 2 aromatic carbocycles. The van der Waals surface area contributed by atoms with E-state index in [1.807, 2.05) is 18.2 Å². The molecule has 0 aliphatic carbocycles. The molecule has 0 spiro atoms. The van der Waals surface area contributed by atoms with E-state index in [2.05, 4.69) is 9.88 Å². The summed E-state index contributed by atoms with van der Waals surface area (Å²) in [6.07, 6.45) is 2.20. The molecule has 2 heterocycles. The lowest BCUT2D eigenvalue weighted by molar-refractivity contribution is 0.0322. The summed E-state index contributed by atoms with van der Waals surface area (Å²) in [4.78, 5) is 11.7. The maximum Gasteiger partial charge on any atom is 0.242 e. The van der Waals surface area contributed by atoms with Gasteiger partial charge in [0.05, 0.1) is 35.9 Å². The lowest BCUT2D eigenvalue weighted by atomic mass is 10.1. The van der Waals surface area contributed by atoms with Gasteiger partial charge in [0.1, 0.15) is 23.9 Å². The van der Waals surface area contributed by atoms with Crippen LogP contribution in [0.3, 0.4) is 0 Å². The number of benzene rings is 2. The molecule has 1 aromatic heterocycles. The molecule has 0 atom stereocenters. The molecule has 1 aliphatic rings. The highest BCUT2D eigenvalue weighted by atomic mass is 35.5. The zero-order valence-corrected chi connectivity index (χ0v) is 23.5. The van der Waals surface area contributed by atoms with Crippen molar-refractivity contribution in [1.82, 2.24) is 19.2 Å². The van der Waals surface area contributed by atoms with Crippen molar-refractivity contribution in [1.29, 1.82) is 0 Å². The Labute approximate surface area is 229 Å². The van der Waals surface area contributed by atoms with Crippen molar-refractivity contribution in [2.45, 2.75) is 17.7 Å². The number of rotatable bonds is 11. The highest BCUT2D eigenvalue weighted by Gasteiger charge is 2.22. The highest BCUT2D eigenvalue weighted by molar-refractivity contribution is 7.89. The van der Waals surface area contributed by atoms with Crippen LogP contribution in [0.15, 0.2) is 53.6 Å². The third-order valence-corrected chi connectivity index (χ3v) is 8.57. The predicted octanol–water partition coefficient (Wildman–Crippen LogP) is 3.28. The van der Waals surface area contributed by atoms with Crippen molar-refractivity contribution in [2.24, 2.45) is 0 Å². The molecule has 0 radical (unpaired) electrons. The van der Waals surface area contributed by atoms with Crippen LogP contribution in [0, 0.1) is 0 Å². The molecule has 0 unspecified atom stereocenters. The van der Waals surface area contributed by atoms with Crippen LogP contribution in [0.5, 0.6) is 11.5 Å². The minimum Gasteiger partial charge on any atom is -0.496 e. The predicted molar refractivity (Wildman–Crippen MR) is 146 cm³/mol. The second kappa shape index (κ2) is 12.9. The van der Waals surface area contributed by atoms with E-state index in [-0.39, 0.29) is 11.3 Å². The smallest absolute Gasteiger partial charge is 0.242 e. The average Bonchev–Trinajstić information content (AvgIpc) is 2.91. The Kier molecular flexibility index (Phi) is 9.56. The van der Waals surface area contributed by atoms with E-state index >= 15 is 0 Å². The zero-order valence-electron chi connectivity index (χ0n) is 21.9. The van der Waals surface area contributed by atoms with Gasteiger partial charge in [-0.1, -0.05) is 29.8 Å². The van der Waals surface area contributed by atoms with Crippen LogP contribution < -0.4 is 9.47 Å². The Morgan fingerprint density at radius 1 is 1.08 bits per heavy atom. The van der Waals surface area contributed by atoms with Crippen molar-refractivity contribution >= 4 is 21.6 Å². The number of sulfonamides is 1. The first-order valence-electron chi connectivity index (χ1n) is 12.4. The number of halogens is 1. The van der Waals surface area contributed by atoms with Gasteiger partial charge in [-0.25, -0.2) is 22.7 Å². The van der Waals surface area contributed by atoms with Crippen molar-refractivity contribution < 1.29 is 22.6 Å². The van der Waals surface area contributed by atoms with Gasteiger partial charge in [0.15, 0.2) is 0 Å². The second-order valence-corrected chi connectivity index (χ2v) is 11.6.